The minimum atomic E-state index is -0.0670. The van der Waals surface area contributed by atoms with Crippen LogP contribution in [0.2, 0.25) is 0 Å². The summed E-state index contributed by atoms with van der Waals surface area (Å²) in [5.41, 5.74) is 4.62. The molecule has 0 atom stereocenters. The molecule has 0 bridgehead atoms. The zero-order valence-corrected chi connectivity index (χ0v) is 18.8. The standard InChI is InChI=1S/C27H30N2O3/c1-3-32-26-18-25(20-10-7-11-22(16-20)31-2)29-24-13-12-21(17-23(24)26)27(30)28-15-14-19-8-5-4-6-9-19/h7-8,10-13,16-18H,3-6,9,14-15H2,1-2H3,(H,28,30). The summed E-state index contributed by atoms with van der Waals surface area (Å²) < 4.78 is 11.3. The molecule has 1 heterocycles. The van der Waals surface area contributed by atoms with Gasteiger partial charge >= 0.3 is 0 Å². The Morgan fingerprint density at radius 1 is 1.12 bits per heavy atom. The van der Waals surface area contributed by atoms with Crippen LogP contribution in [0.15, 0.2) is 60.2 Å². The van der Waals surface area contributed by atoms with Gasteiger partial charge in [-0.3, -0.25) is 4.79 Å². The highest BCUT2D eigenvalue weighted by molar-refractivity contribution is 5.99. The summed E-state index contributed by atoms with van der Waals surface area (Å²) in [4.78, 5) is 17.6. The highest BCUT2D eigenvalue weighted by Gasteiger charge is 2.13. The Labute approximate surface area is 189 Å². The number of carbonyl (C=O) groups is 1. The Hall–Kier alpha value is -3.34. The monoisotopic (exact) mass is 430 g/mol. The molecule has 0 fully saturated rings. The lowest BCUT2D eigenvalue weighted by molar-refractivity contribution is 0.0954. The van der Waals surface area contributed by atoms with Crippen LogP contribution >= 0.6 is 0 Å². The minimum absolute atomic E-state index is 0.0670. The summed E-state index contributed by atoms with van der Waals surface area (Å²) in [6.07, 6.45) is 8.11. The predicted octanol–water partition coefficient (Wildman–Crippen LogP) is 5.93. The molecular formula is C27H30N2O3. The Bertz CT molecular complexity index is 1140. The number of aromatic nitrogens is 1. The normalized spacial score (nSPS) is 13.5. The minimum Gasteiger partial charge on any atom is -0.497 e. The molecule has 3 aromatic rings. The van der Waals surface area contributed by atoms with Crippen LogP contribution in [0.1, 0.15) is 49.4 Å². The number of methoxy groups -OCH3 is 1. The summed E-state index contributed by atoms with van der Waals surface area (Å²) in [5.74, 6) is 1.43. The number of amides is 1. The van der Waals surface area contributed by atoms with E-state index in [1.807, 2.05) is 55.5 Å². The number of hydrogen-bond acceptors (Lipinski definition) is 4. The molecule has 5 heteroatoms. The number of nitrogens with zero attached hydrogens (tertiary/aromatic N) is 1. The molecule has 0 radical (unpaired) electrons. The van der Waals surface area contributed by atoms with Crippen molar-refractivity contribution in [3.05, 3.63) is 65.7 Å². The number of allylic oxidation sites excluding steroid dienone is 1. The lowest BCUT2D eigenvalue weighted by Crippen LogP contribution is -2.24. The average Bonchev–Trinajstić information content (AvgIpc) is 2.84. The largest absolute Gasteiger partial charge is 0.497 e. The van der Waals surface area contributed by atoms with Crippen molar-refractivity contribution in [3.63, 3.8) is 0 Å². The zero-order valence-electron chi connectivity index (χ0n) is 18.8. The molecule has 0 spiro atoms. The molecule has 0 saturated heterocycles. The molecule has 5 nitrogen and oxygen atoms in total. The van der Waals surface area contributed by atoms with E-state index < -0.39 is 0 Å². The Morgan fingerprint density at radius 2 is 2.03 bits per heavy atom. The molecule has 1 aliphatic carbocycles. The Morgan fingerprint density at radius 3 is 2.81 bits per heavy atom. The van der Waals surface area contributed by atoms with Crippen molar-refractivity contribution in [3.8, 4) is 22.8 Å². The third-order valence-electron chi connectivity index (χ3n) is 5.81. The van der Waals surface area contributed by atoms with Crippen LogP contribution in [0.5, 0.6) is 11.5 Å². The van der Waals surface area contributed by atoms with Crippen molar-refractivity contribution < 1.29 is 14.3 Å². The number of pyridine rings is 1. The van der Waals surface area contributed by atoms with Gasteiger partial charge < -0.3 is 14.8 Å². The third kappa shape index (κ3) is 5.10. The number of hydrogen-bond donors (Lipinski definition) is 1. The smallest absolute Gasteiger partial charge is 0.251 e. The van der Waals surface area contributed by atoms with E-state index in [-0.39, 0.29) is 5.91 Å². The van der Waals surface area contributed by atoms with Crippen LogP contribution in [-0.4, -0.2) is 31.2 Å². The van der Waals surface area contributed by atoms with E-state index in [0.717, 1.165) is 46.5 Å². The maximum Gasteiger partial charge on any atom is 0.251 e. The molecule has 166 valence electrons. The van der Waals surface area contributed by atoms with Gasteiger partial charge in [0.15, 0.2) is 0 Å². The lowest BCUT2D eigenvalue weighted by Gasteiger charge is -2.14. The fraction of sp³-hybridized carbons (Fsp3) is 0.333. The van der Waals surface area contributed by atoms with Gasteiger partial charge in [0.1, 0.15) is 11.5 Å². The van der Waals surface area contributed by atoms with Crippen molar-refractivity contribution in [2.24, 2.45) is 0 Å². The number of carbonyl (C=O) groups excluding carboxylic acids is 1. The van der Waals surface area contributed by atoms with E-state index >= 15 is 0 Å². The maximum atomic E-state index is 12.8. The van der Waals surface area contributed by atoms with E-state index in [1.54, 1.807) is 7.11 Å². The summed E-state index contributed by atoms with van der Waals surface area (Å²) in [7, 11) is 1.65. The van der Waals surface area contributed by atoms with Gasteiger partial charge in [0.05, 0.1) is 24.9 Å². The van der Waals surface area contributed by atoms with Crippen LogP contribution in [0.4, 0.5) is 0 Å². The third-order valence-corrected chi connectivity index (χ3v) is 5.81. The summed E-state index contributed by atoms with van der Waals surface area (Å²) >= 11 is 0. The topological polar surface area (TPSA) is 60.5 Å². The SMILES string of the molecule is CCOc1cc(-c2cccc(OC)c2)nc2ccc(C(=O)NCCC3=CCCCC3)cc12. The summed E-state index contributed by atoms with van der Waals surface area (Å²) in [5, 5.41) is 3.89. The molecule has 1 amide bonds. The molecule has 0 unspecified atom stereocenters. The van der Waals surface area contributed by atoms with Gasteiger partial charge in [-0.2, -0.15) is 0 Å². The van der Waals surface area contributed by atoms with Crippen LogP contribution < -0.4 is 14.8 Å². The van der Waals surface area contributed by atoms with Crippen LogP contribution in [0.3, 0.4) is 0 Å². The molecular weight excluding hydrogens is 400 g/mol. The summed E-state index contributed by atoms with van der Waals surface area (Å²) in [6, 6.07) is 15.3. The van der Waals surface area contributed by atoms with Crippen molar-refractivity contribution >= 4 is 16.8 Å². The lowest BCUT2D eigenvalue weighted by atomic mass is 9.97. The predicted molar refractivity (Wildman–Crippen MR) is 128 cm³/mol. The Balaban J connectivity index is 1.57. The molecule has 0 saturated carbocycles. The molecule has 1 N–H and O–H groups in total. The number of benzene rings is 2. The number of ether oxygens (including phenoxy) is 2. The number of fused-ring (bicyclic) bond motifs is 1. The first kappa shape index (κ1) is 21.9. The highest BCUT2D eigenvalue weighted by Crippen LogP contribution is 2.32. The number of rotatable bonds is 8. The second kappa shape index (κ2) is 10.3. The van der Waals surface area contributed by atoms with Crippen molar-refractivity contribution in [2.75, 3.05) is 20.3 Å². The summed E-state index contributed by atoms with van der Waals surface area (Å²) in [6.45, 7) is 3.14. The van der Waals surface area contributed by atoms with Gasteiger partial charge in [-0.05, 0) is 69.4 Å². The van der Waals surface area contributed by atoms with Crippen LogP contribution in [0.25, 0.3) is 22.2 Å². The van der Waals surface area contributed by atoms with Crippen molar-refractivity contribution in [2.45, 2.75) is 39.0 Å². The first-order chi connectivity index (χ1) is 15.7. The molecule has 2 aromatic carbocycles. The van der Waals surface area contributed by atoms with E-state index in [4.69, 9.17) is 14.5 Å². The number of nitrogens with one attached hydrogen (secondary N) is 1. The molecule has 1 aliphatic rings. The van der Waals surface area contributed by atoms with Gasteiger partial charge in [-0.1, -0.05) is 23.8 Å². The zero-order chi connectivity index (χ0) is 22.3. The second-order valence-corrected chi connectivity index (χ2v) is 8.02. The van der Waals surface area contributed by atoms with Gasteiger partial charge in [-0.15, -0.1) is 0 Å². The Kier molecular flexibility index (Phi) is 7.05. The van der Waals surface area contributed by atoms with Crippen molar-refractivity contribution in [1.82, 2.24) is 10.3 Å². The molecule has 32 heavy (non-hydrogen) atoms. The van der Waals surface area contributed by atoms with Crippen LogP contribution in [0, 0.1) is 0 Å². The van der Waals surface area contributed by atoms with Gasteiger partial charge in [-0.25, -0.2) is 4.98 Å². The van der Waals surface area contributed by atoms with Crippen molar-refractivity contribution in [1.29, 1.82) is 0 Å². The first-order valence-corrected chi connectivity index (χ1v) is 11.4. The molecule has 4 rings (SSSR count). The maximum absolute atomic E-state index is 12.8. The van der Waals surface area contributed by atoms with E-state index in [2.05, 4.69) is 11.4 Å². The average molecular weight is 431 g/mol. The first-order valence-electron chi connectivity index (χ1n) is 11.4. The van der Waals surface area contributed by atoms with E-state index in [9.17, 15) is 4.79 Å². The van der Waals surface area contributed by atoms with Gasteiger partial charge in [0.25, 0.3) is 5.91 Å². The van der Waals surface area contributed by atoms with Crippen LogP contribution in [-0.2, 0) is 0 Å². The second-order valence-electron chi connectivity index (χ2n) is 8.02. The van der Waals surface area contributed by atoms with E-state index in [1.165, 1.54) is 24.8 Å². The highest BCUT2D eigenvalue weighted by atomic mass is 16.5. The van der Waals surface area contributed by atoms with E-state index in [0.29, 0.717) is 18.7 Å². The quantitative estimate of drug-likeness (QED) is 0.450. The van der Waals surface area contributed by atoms with Gasteiger partial charge in [0, 0.05) is 29.1 Å². The molecule has 1 aromatic heterocycles. The fourth-order valence-corrected chi connectivity index (χ4v) is 4.11. The molecule has 0 aliphatic heterocycles. The van der Waals surface area contributed by atoms with Gasteiger partial charge in [0.2, 0.25) is 0 Å². The fourth-order valence-electron chi connectivity index (χ4n) is 4.11.